The molecule has 0 aromatic carbocycles. The van der Waals surface area contributed by atoms with Gasteiger partial charge in [-0.15, -0.1) is 22.7 Å². The summed E-state index contributed by atoms with van der Waals surface area (Å²) in [5.74, 6) is 0.675. The first-order valence-corrected chi connectivity index (χ1v) is 7.76. The molecule has 0 atom stereocenters. The van der Waals surface area contributed by atoms with E-state index < -0.39 is 0 Å². The van der Waals surface area contributed by atoms with Gasteiger partial charge in [-0.3, -0.25) is 0 Å². The summed E-state index contributed by atoms with van der Waals surface area (Å²) in [6.07, 6.45) is 2.47. The van der Waals surface area contributed by atoms with E-state index in [4.69, 9.17) is 4.98 Å². The first kappa shape index (κ1) is 11.4. The van der Waals surface area contributed by atoms with Crippen molar-refractivity contribution in [1.29, 1.82) is 0 Å². The molecule has 1 saturated heterocycles. The van der Waals surface area contributed by atoms with Gasteiger partial charge in [0.25, 0.3) is 0 Å². The summed E-state index contributed by atoms with van der Waals surface area (Å²) in [5.41, 5.74) is 1.21. The smallest absolute Gasteiger partial charge is 0.0967 e. The average Bonchev–Trinajstić information content (AvgIpc) is 2.99. The van der Waals surface area contributed by atoms with Gasteiger partial charge in [0, 0.05) is 10.8 Å². The molecule has 3 heterocycles. The van der Waals surface area contributed by atoms with Crippen molar-refractivity contribution in [3.05, 3.63) is 27.4 Å². The standard InChI is InChI=1S/C13H16N2S2/c1-9-12(11-3-2-8-16-11)15-13(17-9)10-4-6-14-7-5-10/h2-3,8,10,14H,4-7H2,1H3. The van der Waals surface area contributed by atoms with Gasteiger partial charge in [0.2, 0.25) is 0 Å². The Balaban J connectivity index is 1.90. The summed E-state index contributed by atoms with van der Waals surface area (Å²) in [4.78, 5) is 7.54. The summed E-state index contributed by atoms with van der Waals surface area (Å²) < 4.78 is 0. The zero-order chi connectivity index (χ0) is 11.7. The predicted octanol–water partition coefficient (Wildman–Crippen LogP) is 3.65. The van der Waals surface area contributed by atoms with Crippen molar-refractivity contribution in [2.24, 2.45) is 0 Å². The van der Waals surface area contributed by atoms with Gasteiger partial charge in [-0.25, -0.2) is 4.98 Å². The van der Waals surface area contributed by atoms with Crippen molar-refractivity contribution < 1.29 is 0 Å². The first-order chi connectivity index (χ1) is 8.34. The van der Waals surface area contributed by atoms with E-state index in [1.165, 1.54) is 33.3 Å². The maximum absolute atomic E-state index is 4.88. The van der Waals surface area contributed by atoms with Gasteiger partial charge in [0.05, 0.1) is 15.6 Å². The number of aryl methyl sites for hydroxylation is 1. The molecular formula is C13H16N2S2. The Labute approximate surface area is 110 Å². The Morgan fingerprint density at radius 1 is 1.35 bits per heavy atom. The largest absolute Gasteiger partial charge is 0.317 e. The average molecular weight is 264 g/mol. The molecule has 0 aliphatic carbocycles. The van der Waals surface area contributed by atoms with E-state index in [-0.39, 0.29) is 0 Å². The van der Waals surface area contributed by atoms with Crippen LogP contribution in [0, 0.1) is 6.92 Å². The highest BCUT2D eigenvalue weighted by Gasteiger charge is 2.20. The third-order valence-electron chi connectivity index (χ3n) is 3.26. The second-order valence-electron chi connectivity index (χ2n) is 4.46. The molecule has 1 aliphatic heterocycles. The summed E-state index contributed by atoms with van der Waals surface area (Å²) in [7, 11) is 0. The molecule has 17 heavy (non-hydrogen) atoms. The molecule has 1 aliphatic rings. The Hall–Kier alpha value is -0.710. The summed E-state index contributed by atoms with van der Waals surface area (Å²) in [6.45, 7) is 4.46. The van der Waals surface area contributed by atoms with E-state index in [1.807, 2.05) is 11.3 Å². The SMILES string of the molecule is Cc1sc(C2CCNCC2)nc1-c1cccs1. The number of nitrogens with zero attached hydrogens (tertiary/aromatic N) is 1. The third kappa shape index (κ3) is 2.30. The van der Waals surface area contributed by atoms with Gasteiger partial charge in [-0.2, -0.15) is 0 Å². The number of rotatable bonds is 2. The number of thiazole rings is 1. The Morgan fingerprint density at radius 2 is 2.18 bits per heavy atom. The lowest BCUT2D eigenvalue weighted by molar-refractivity contribution is 0.459. The van der Waals surface area contributed by atoms with Crippen LogP contribution in [0.4, 0.5) is 0 Å². The van der Waals surface area contributed by atoms with Crippen LogP contribution >= 0.6 is 22.7 Å². The first-order valence-electron chi connectivity index (χ1n) is 6.06. The monoisotopic (exact) mass is 264 g/mol. The summed E-state index contributed by atoms with van der Waals surface area (Å²) >= 11 is 3.67. The highest BCUT2D eigenvalue weighted by molar-refractivity contribution is 7.15. The molecule has 1 N–H and O–H groups in total. The van der Waals surface area contributed by atoms with E-state index in [2.05, 4.69) is 29.8 Å². The Bertz CT molecular complexity index is 481. The Morgan fingerprint density at radius 3 is 2.88 bits per heavy atom. The molecule has 0 saturated carbocycles. The number of thiophene rings is 1. The van der Waals surface area contributed by atoms with Crippen LogP contribution in [0.15, 0.2) is 17.5 Å². The lowest BCUT2D eigenvalue weighted by Gasteiger charge is -2.20. The fourth-order valence-corrected chi connectivity index (χ4v) is 4.24. The van der Waals surface area contributed by atoms with Crippen molar-refractivity contribution in [2.45, 2.75) is 25.7 Å². The van der Waals surface area contributed by atoms with Crippen LogP contribution in [0.1, 0.15) is 28.6 Å². The second-order valence-corrected chi connectivity index (χ2v) is 6.64. The molecule has 3 rings (SSSR count). The van der Waals surface area contributed by atoms with E-state index in [0.717, 1.165) is 13.1 Å². The van der Waals surface area contributed by atoms with Crippen LogP contribution in [0.25, 0.3) is 10.6 Å². The number of hydrogen-bond acceptors (Lipinski definition) is 4. The van der Waals surface area contributed by atoms with Gasteiger partial charge >= 0.3 is 0 Å². The molecule has 0 spiro atoms. The molecule has 2 aromatic heterocycles. The normalized spacial score (nSPS) is 17.5. The molecule has 0 unspecified atom stereocenters. The fraction of sp³-hybridized carbons (Fsp3) is 0.462. The molecule has 2 nitrogen and oxygen atoms in total. The molecule has 90 valence electrons. The van der Waals surface area contributed by atoms with Crippen molar-refractivity contribution in [3.63, 3.8) is 0 Å². The molecule has 0 amide bonds. The van der Waals surface area contributed by atoms with E-state index in [9.17, 15) is 0 Å². The molecule has 0 bridgehead atoms. The van der Waals surface area contributed by atoms with Gasteiger partial charge in [-0.05, 0) is 44.3 Å². The lowest BCUT2D eigenvalue weighted by Crippen LogP contribution is -2.26. The van der Waals surface area contributed by atoms with Crippen molar-refractivity contribution in [2.75, 3.05) is 13.1 Å². The van der Waals surface area contributed by atoms with Gasteiger partial charge in [-0.1, -0.05) is 6.07 Å². The van der Waals surface area contributed by atoms with Crippen LogP contribution in [0.5, 0.6) is 0 Å². The molecule has 0 radical (unpaired) electrons. The zero-order valence-electron chi connectivity index (χ0n) is 9.90. The van der Waals surface area contributed by atoms with E-state index in [0.29, 0.717) is 5.92 Å². The number of aromatic nitrogens is 1. The third-order valence-corrected chi connectivity index (χ3v) is 5.27. The second kappa shape index (κ2) is 4.88. The van der Waals surface area contributed by atoms with Crippen molar-refractivity contribution >= 4 is 22.7 Å². The van der Waals surface area contributed by atoms with Crippen LogP contribution in [-0.2, 0) is 0 Å². The van der Waals surface area contributed by atoms with Gasteiger partial charge < -0.3 is 5.32 Å². The summed E-state index contributed by atoms with van der Waals surface area (Å²) in [5, 5.41) is 6.88. The molecule has 4 heteroatoms. The van der Waals surface area contributed by atoms with Crippen LogP contribution in [-0.4, -0.2) is 18.1 Å². The fourth-order valence-electron chi connectivity index (χ4n) is 2.30. The van der Waals surface area contributed by atoms with Gasteiger partial charge in [0.1, 0.15) is 0 Å². The topological polar surface area (TPSA) is 24.9 Å². The minimum atomic E-state index is 0.675. The minimum absolute atomic E-state index is 0.675. The minimum Gasteiger partial charge on any atom is -0.317 e. The summed E-state index contributed by atoms with van der Waals surface area (Å²) in [6, 6.07) is 4.27. The van der Waals surface area contributed by atoms with Crippen molar-refractivity contribution in [1.82, 2.24) is 10.3 Å². The van der Waals surface area contributed by atoms with E-state index in [1.54, 1.807) is 11.3 Å². The maximum Gasteiger partial charge on any atom is 0.0967 e. The van der Waals surface area contributed by atoms with Crippen molar-refractivity contribution in [3.8, 4) is 10.6 Å². The number of hydrogen-bond donors (Lipinski definition) is 1. The number of nitrogens with one attached hydrogen (secondary N) is 1. The molecular weight excluding hydrogens is 248 g/mol. The lowest BCUT2D eigenvalue weighted by atomic mass is 9.99. The zero-order valence-corrected chi connectivity index (χ0v) is 11.5. The predicted molar refractivity (Wildman–Crippen MR) is 75.0 cm³/mol. The molecule has 2 aromatic rings. The maximum atomic E-state index is 4.88. The van der Waals surface area contributed by atoms with Crippen LogP contribution in [0.3, 0.4) is 0 Å². The highest BCUT2D eigenvalue weighted by Crippen LogP contribution is 2.36. The quantitative estimate of drug-likeness (QED) is 0.895. The van der Waals surface area contributed by atoms with E-state index >= 15 is 0 Å². The number of piperidine rings is 1. The Kier molecular flexibility index (Phi) is 3.27. The van der Waals surface area contributed by atoms with Gasteiger partial charge in [0.15, 0.2) is 0 Å². The van der Waals surface area contributed by atoms with Crippen LogP contribution < -0.4 is 5.32 Å². The highest BCUT2D eigenvalue weighted by atomic mass is 32.1. The van der Waals surface area contributed by atoms with Crippen LogP contribution in [0.2, 0.25) is 0 Å². The molecule has 1 fully saturated rings.